The second-order valence-corrected chi connectivity index (χ2v) is 7.23. The van der Waals surface area contributed by atoms with E-state index in [0.29, 0.717) is 29.7 Å². The number of benzene rings is 1. The third-order valence-corrected chi connectivity index (χ3v) is 5.51. The lowest BCUT2D eigenvalue weighted by Crippen LogP contribution is -2.42. The molecule has 0 radical (unpaired) electrons. The Balaban J connectivity index is 1.59. The predicted octanol–water partition coefficient (Wildman–Crippen LogP) is 2.32. The maximum absolute atomic E-state index is 13.3. The molecular formula is C20H17N3O3. The Labute approximate surface area is 149 Å². The number of nitrogens with zero attached hydrogens (tertiary/aromatic N) is 2. The average Bonchev–Trinajstić information content (AvgIpc) is 3.41. The van der Waals surface area contributed by atoms with E-state index in [0.717, 1.165) is 24.0 Å². The summed E-state index contributed by atoms with van der Waals surface area (Å²) in [5, 5.41) is 10.5. The normalized spacial score (nSPS) is 17.3. The van der Waals surface area contributed by atoms with Crippen LogP contribution in [0.15, 0.2) is 47.4 Å². The highest BCUT2D eigenvalue weighted by Crippen LogP contribution is 2.53. The molecule has 1 spiro atoms. The second-order valence-electron chi connectivity index (χ2n) is 7.23. The van der Waals surface area contributed by atoms with E-state index in [4.69, 9.17) is 0 Å². The Bertz CT molecular complexity index is 1110. The van der Waals surface area contributed by atoms with Gasteiger partial charge < -0.3 is 15.0 Å². The number of pyridine rings is 2. The summed E-state index contributed by atoms with van der Waals surface area (Å²) in [6, 6.07) is 10.3. The third kappa shape index (κ3) is 2.22. The van der Waals surface area contributed by atoms with Crippen molar-refractivity contribution in [3.63, 3.8) is 0 Å². The molecule has 5 rings (SSSR count). The fourth-order valence-corrected chi connectivity index (χ4v) is 4.06. The number of carbonyl (C=O) groups is 1. The van der Waals surface area contributed by atoms with Gasteiger partial charge in [-0.3, -0.25) is 9.59 Å². The van der Waals surface area contributed by atoms with E-state index in [1.807, 2.05) is 17.0 Å². The van der Waals surface area contributed by atoms with Crippen molar-refractivity contribution in [1.29, 1.82) is 0 Å². The highest BCUT2D eigenvalue weighted by Gasteiger charge is 2.50. The molecule has 1 fully saturated rings. The van der Waals surface area contributed by atoms with Crippen molar-refractivity contribution in [2.45, 2.75) is 24.8 Å². The Kier molecular flexibility index (Phi) is 3.01. The summed E-state index contributed by atoms with van der Waals surface area (Å²) in [4.78, 5) is 33.9. The number of hydrogen-bond acceptors (Lipinski definition) is 4. The highest BCUT2D eigenvalue weighted by atomic mass is 16.3. The van der Waals surface area contributed by atoms with Gasteiger partial charge in [-0.25, -0.2) is 4.98 Å². The molecule has 0 saturated heterocycles. The average molecular weight is 347 g/mol. The minimum atomic E-state index is -0.331. The molecule has 2 aliphatic rings. The summed E-state index contributed by atoms with van der Waals surface area (Å²) in [6.45, 7) is 1.08. The van der Waals surface area contributed by atoms with Gasteiger partial charge in [-0.15, -0.1) is 0 Å². The van der Waals surface area contributed by atoms with E-state index in [1.54, 1.807) is 24.4 Å². The number of phenolic OH excluding ortho intramolecular Hbond substituents is 1. The lowest BCUT2D eigenvalue weighted by atomic mass is 9.86. The van der Waals surface area contributed by atoms with E-state index < -0.39 is 0 Å². The molecule has 1 saturated carbocycles. The van der Waals surface area contributed by atoms with Gasteiger partial charge in [-0.2, -0.15) is 0 Å². The standard InChI is InChI=1S/C20H17N3O3/c24-13-4-3-12-10-23(11-20(5-6-20)16(12)8-13)19(26)15-9-17(25)22-18-14(15)2-1-7-21-18/h1-4,7-9,24H,5-6,10-11H2,(H,21,22,25). The minimum Gasteiger partial charge on any atom is -0.508 e. The molecule has 6 nitrogen and oxygen atoms in total. The van der Waals surface area contributed by atoms with Crippen molar-refractivity contribution >= 4 is 16.9 Å². The van der Waals surface area contributed by atoms with Crippen LogP contribution in [0.3, 0.4) is 0 Å². The molecule has 0 unspecified atom stereocenters. The van der Waals surface area contributed by atoms with Gasteiger partial charge in [-0.05, 0) is 48.2 Å². The number of nitrogens with one attached hydrogen (secondary N) is 1. The van der Waals surface area contributed by atoms with Crippen molar-refractivity contribution in [3.05, 3.63) is 69.6 Å². The monoisotopic (exact) mass is 347 g/mol. The van der Waals surface area contributed by atoms with Crippen molar-refractivity contribution in [2.24, 2.45) is 0 Å². The summed E-state index contributed by atoms with van der Waals surface area (Å²) in [6.07, 6.45) is 3.60. The maximum atomic E-state index is 13.3. The summed E-state index contributed by atoms with van der Waals surface area (Å²) in [5.74, 6) is 0.112. The van der Waals surface area contributed by atoms with Crippen LogP contribution in [0.4, 0.5) is 0 Å². The number of fused-ring (bicyclic) bond motifs is 3. The van der Waals surface area contributed by atoms with Gasteiger partial charge >= 0.3 is 0 Å². The first-order chi connectivity index (χ1) is 12.6. The number of hydrogen-bond donors (Lipinski definition) is 2. The van der Waals surface area contributed by atoms with Gasteiger partial charge in [0.05, 0.1) is 5.56 Å². The molecule has 1 aliphatic carbocycles. The molecule has 0 atom stereocenters. The lowest BCUT2D eigenvalue weighted by molar-refractivity contribution is 0.0711. The van der Waals surface area contributed by atoms with Crippen LogP contribution < -0.4 is 5.56 Å². The molecule has 3 heterocycles. The predicted molar refractivity (Wildman–Crippen MR) is 96.1 cm³/mol. The van der Waals surface area contributed by atoms with Crippen molar-refractivity contribution in [3.8, 4) is 5.75 Å². The summed E-state index contributed by atoms with van der Waals surface area (Å²) >= 11 is 0. The molecule has 130 valence electrons. The number of aromatic amines is 1. The third-order valence-electron chi connectivity index (χ3n) is 5.51. The molecule has 6 heteroatoms. The number of aromatic hydroxyl groups is 1. The van der Waals surface area contributed by atoms with Crippen LogP contribution in [0.2, 0.25) is 0 Å². The number of H-pyrrole nitrogens is 1. The Morgan fingerprint density at radius 3 is 2.88 bits per heavy atom. The van der Waals surface area contributed by atoms with Crippen LogP contribution in [-0.2, 0) is 12.0 Å². The van der Waals surface area contributed by atoms with E-state index in [-0.39, 0.29) is 22.6 Å². The zero-order valence-electron chi connectivity index (χ0n) is 14.0. The number of rotatable bonds is 1. The van der Waals surface area contributed by atoms with Gasteiger partial charge in [0.15, 0.2) is 0 Å². The number of carbonyl (C=O) groups excluding carboxylic acids is 1. The van der Waals surface area contributed by atoms with Gasteiger partial charge in [0, 0.05) is 36.2 Å². The van der Waals surface area contributed by atoms with Crippen LogP contribution in [0.5, 0.6) is 5.75 Å². The van der Waals surface area contributed by atoms with Crippen LogP contribution in [-0.4, -0.2) is 32.4 Å². The van der Waals surface area contributed by atoms with Crippen LogP contribution in [0.1, 0.15) is 34.3 Å². The minimum absolute atomic E-state index is 0.0583. The summed E-state index contributed by atoms with van der Waals surface area (Å²) in [5.41, 5.74) is 2.63. The molecule has 1 aliphatic heterocycles. The molecule has 2 aromatic heterocycles. The molecule has 1 aromatic carbocycles. The van der Waals surface area contributed by atoms with E-state index >= 15 is 0 Å². The lowest BCUT2D eigenvalue weighted by Gasteiger charge is -2.35. The largest absolute Gasteiger partial charge is 0.508 e. The van der Waals surface area contributed by atoms with E-state index in [9.17, 15) is 14.7 Å². The first kappa shape index (κ1) is 15.1. The first-order valence-electron chi connectivity index (χ1n) is 8.65. The van der Waals surface area contributed by atoms with Crippen LogP contribution in [0.25, 0.3) is 11.0 Å². The fourth-order valence-electron chi connectivity index (χ4n) is 4.06. The molecule has 2 N–H and O–H groups in total. The van der Waals surface area contributed by atoms with Gasteiger partial charge in [0.2, 0.25) is 5.56 Å². The van der Waals surface area contributed by atoms with Crippen LogP contribution in [0, 0.1) is 0 Å². The van der Waals surface area contributed by atoms with E-state index in [1.165, 1.54) is 6.07 Å². The zero-order valence-corrected chi connectivity index (χ0v) is 14.0. The second kappa shape index (κ2) is 5.17. The zero-order chi connectivity index (χ0) is 17.9. The Morgan fingerprint density at radius 2 is 2.08 bits per heavy atom. The number of aromatic nitrogens is 2. The quantitative estimate of drug-likeness (QED) is 0.707. The molecule has 0 bridgehead atoms. The number of amides is 1. The maximum Gasteiger partial charge on any atom is 0.255 e. The van der Waals surface area contributed by atoms with Crippen molar-refractivity contribution in [2.75, 3.05) is 6.54 Å². The topological polar surface area (TPSA) is 86.3 Å². The van der Waals surface area contributed by atoms with Gasteiger partial charge in [0.25, 0.3) is 5.91 Å². The van der Waals surface area contributed by atoms with Gasteiger partial charge in [0.1, 0.15) is 11.4 Å². The highest BCUT2D eigenvalue weighted by molar-refractivity contribution is 6.05. The van der Waals surface area contributed by atoms with Crippen LogP contribution >= 0.6 is 0 Å². The van der Waals surface area contributed by atoms with E-state index in [2.05, 4.69) is 9.97 Å². The molecular weight excluding hydrogens is 330 g/mol. The number of phenols is 1. The summed E-state index contributed by atoms with van der Waals surface area (Å²) < 4.78 is 0. The molecule has 26 heavy (non-hydrogen) atoms. The summed E-state index contributed by atoms with van der Waals surface area (Å²) in [7, 11) is 0. The fraction of sp³-hybridized carbons (Fsp3) is 0.250. The molecule has 3 aromatic rings. The first-order valence-corrected chi connectivity index (χ1v) is 8.65. The SMILES string of the molecule is O=C(c1cc(=O)[nH]c2ncccc12)N1Cc2ccc(O)cc2C2(CC2)C1. The smallest absolute Gasteiger partial charge is 0.255 e. The Morgan fingerprint density at radius 1 is 1.23 bits per heavy atom. The van der Waals surface area contributed by atoms with Crippen molar-refractivity contribution in [1.82, 2.24) is 14.9 Å². The van der Waals surface area contributed by atoms with Crippen molar-refractivity contribution < 1.29 is 9.90 Å². The molecule has 1 amide bonds. The van der Waals surface area contributed by atoms with Gasteiger partial charge in [-0.1, -0.05) is 6.07 Å². The Hall–Kier alpha value is -3.15.